The van der Waals surface area contributed by atoms with Gasteiger partial charge in [0, 0.05) is 45.3 Å². The summed E-state index contributed by atoms with van der Waals surface area (Å²) in [5, 5.41) is 6.65. The maximum Gasteiger partial charge on any atom is 0.401 e. The fourth-order valence-electron chi connectivity index (χ4n) is 4.10. The zero-order chi connectivity index (χ0) is 20.0. The van der Waals surface area contributed by atoms with Gasteiger partial charge in [-0.2, -0.15) is 13.2 Å². The number of hydrogen-bond donors (Lipinski definition) is 2. The third kappa shape index (κ3) is 6.38. The molecule has 0 radical (unpaired) electrons. The highest BCUT2D eigenvalue weighted by molar-refractivity contribution is 5.80. The molecule has 2 aliphatic rings. The highest BCUT2D eigenvalue weighted by atomic mass is 19.4. The van der Waals surface area contributed by atoms with Crippen LogP contribution >= 0.6 is 0 Å². The number of rotatable bonds is 6. The SMILES string of the molecule is CN=C(NCC1CCCN1Cc1ccccc1)NC1CCN(CC(F)(F)F)C1. The molecule has 2 N–H and O–H groups in total. The number of guanidine groups is 1. The average Bonchev–Trinajstić information content (AvgIpc) is 3.27. The normalized spacial score (nSPS) is 24.6. The number of nitrogens with one attached hydrogen (secondary N) is 2. The highest BCUT2D eigenvalue weighted by Gasteiger charge is 2.34. The summed E-state index contributed by atoms with van der Waals surface area (Å²) in [6, 6.07) is 10.9. The maximum atomic E-state index is 12.5. The quantitative estimate of drug-likeness (QED) is 0.572. The first-order valence-corrected chi connectivity index (χ1v) is 9.97. The second-order valence-electron chi connectivity index (χ2n) is 7.69. The molecule has 156 valence electrons. The molecule has 0 amide bonds. The van der Waals surface area contributed by atoms with Crippen LogP contribution in [0.3, 0.4) is 0 Å². The Balaban J connectivity index is 1.44. The van der Waals surface area contributed by atoms with Crippen molar-refractivity contribution in [2.24, 2.45) is 4.99 Å². The van der Waals surface area contributed by atoms with Crippen molar-refractivity contribution in [3.05, 3.63) is 35.9 Å². The van der Waals surface area contributed by atoms with Gasteiger partial charge in [-0.05, 0) is 31.4 Å². The van der Waals surface area contributed by atoms with Crippen LogP contribution in [0.5, 0.6) is 0 Å². The lowest BCUT2D eigenvalue weighted by molar-refractivity contribution is -0.143. The fraction of sp³-hybridized carbons (Fsp3) is 0.650. The summed E-state index contributed by atoms with van der Waals surface area (Å²) in [6.45, 7) is 2.82. The van der Waals surface area contributed by atoms with Gasteiger partial charge in [0.15, 0.2) is 5.96 Å². The van der Waals surface area contributed by atoms with E-state index >= 15 is 0 Å². The van der Waals surface area contributed by atoms with Crippen molar-refractivity contribution in [2.45, 2.75) is 44.1 Å². The summed E-state index contributed by atoms with van der Waals surface area (Å²) in [5.74, 6) is 0.672. The summed E-state index contributed by atoms with van der Waals surface area (Å²) >= 11 is 0. The minimum Gasteiger partial charge on any atom is -0.355 e. The number of alkyl halides is 3. The van der Waals surface area contributed by atoms with Crippen molar-refractivity contribution >= 4 is 5.96 Å². The van der Waals surface area contributed by atoms with E-state index in [1.54, 1.807) is 7.05 Å². The Bertz CT molecular complexity index is 634. The van der Waals surface area contributed by atoms with E-state index in [0.717, 1.165) is 26.1 Å². The molecule has 0 spiro atoms. The van der Waals surface area contributed by atoms with Gasteiger partial charge in [0.25, 0.3) is 0 Å². The minimum absolute atomic E-state index is 0.00227. The van der Waals surface area contributed by atoms with Crippen LogP contribution in [0.25, 0.3) is 0 Å². The Hall–Kier alpha value is -1.80. The smallest absolute Gasteiger partial charge is 0.355 e. The van der Waals surface area contributed by atoms with E-state index < -0.39 is 12.7 Å². The zero-order valence-electron chi connectivity index (χ0n) is 16.4. The lowest BCUT2D eigenvalue weighted by atomic mass is 10.2. The van der Waals surface area contributed by atoms with Gasteiger partial charge in [-0.15, -0.1) is 0 Å². The minimum atomic E-state index is -4.14. The number of aliphatic imine (C=N–C) groups is 1. The first-order valence-electron chi connectivity index (χ1n) is 9.97. The zero-order valence-corrected chi connectivity index (χ0v) is 16.4. The van der Waals surface area contributed by atoms with Crippen LogP contribution < -0.4 is 10.6 Å². The highest BCUT2D eigenvalue weighted by Crippen LogP contribution is 2.21. The summed E-state index contributed by atoms with van der Waals surface area (Å²) < 4.78 is 37.6. The van der Waals surface area contributed by atoms with E-state index in [2.05, 4.69) is 44.8 Å². The van der Waals surface area contributed by atoms with Gasteiger partial charge in [0.1, 0.15) is 0 Å². The second-order valence-corrected chi connectivity index (χ2v) is 7.69. The van der Waals surface area contributed by atoms with Crippen LogP contribution in [0.15, 0.2) is 35.3 Å². The molecule has 3 rings (SSSR count). The Kier molecular flexibility index (Phi) is 7.18. The van der Waals surface area contributed by atoms with Crippen LogP contribution in [0.1, 0.15) is 24.8 Å². The van der Waals surface area contributed by atoms with Crippen LogP contribution in [0, 0.1) is 0 Å². The summed E-state index contributed by atoms with van der Waals surface area (Å²) in [4.78, 5) is 8.19. The van der Waals surface area contributed by atoms with Crippen molar-refractivity contribution < 1.29 is 13.2 Å². The molecule has 1 aromatic rings. The molecule has 2 heterocycles. The van der Waals surface area contributed by atoms with Gasteiger partial charge in [0.05, 0.1) is 6.54 Å². The van der Waals surface area contributed by atoms with Crippen molar-refractivity contribution in [1.82, 2.24) is 20.4 Å². The largest absolute Gasteiger partial charge is 0.401 e. The van der Waals surface area contributed by atoms with Crippen LogP contribution in [-0.2, 0) is 6.54 Å². The van der Waals surface area contributed by atoms with E-state index in [-0.39, 0.29) is 6.04 Å². The van der Waals surface area contributed by atoms with Crippen molar-refractivity contribution in [2.75, 3.05) is 39.8 Å². The van der Waals surface area contributed by atoms with Crippen LogP contribution in [0.2, 0.25) is 0 Å². The predicted molar refractivity (Wildman–Crippen MR) is 105 cm³/mol. The molecule has 0 saturated carbocycles. The molecular weight excluding hydrogens is 367 g/mol. The Morgan fingerprint density at radius 2 is 1.96 bits per heavy atom. The van der Waals surface area contributed by atoms with Crippen molar-refractivity contribution in [3.63, 3.8) is 0 Å². The van der Waals surface area contributed by atoms with E-state index in [9.17, 15) is 13.2 Å². The van der Waals surface area contributed by atoms with Gasteiger partial charge >= 0.3 is 6.18 Å². The van der Waals surface area contributed by atoms with Gasteiger partial charge in [0.2, 0.25) is 0 Å². The second kappa shape index (κ2) is 9.60. The lowest BCUT2D eigenvalue weighted by Crippen LogP contribution is -2.48. The number of halogens is 3. The first-order chi connectivity index (χ1) is 13.4. The molecule has 5 nitrogen and oxygen atoms in total. The third-order valence-electron chi connectivity index (χ3n) is 5.47. The summed E-state index contributed by atoms with van der Waals surface area (Å²) in [7, 11) is 1.70. The molecule has 2 saturated heterocycles. The molecule has 0 bridgehead atoms. The fourth-order valence-corrected chi connectivity index (χ4v) is 4.10. The maximum absolute atomic E-state index is 12.5. The molecular formula is C20H30F3N5. The first kappa shape index (κ1) is 20.9. The lowest BCUT2D eigenvalue weighted by Gasteiger charge is -2.26. The standard InChI is InChI=1S/C20H30F3N5/c1-24-19(26-17-9-11-27(14-17)15-20(21,22)23)25-12-18-8-5-10-28(18)13-16-6-3-2-4-7-16/h2-4,6-7,17-18H,5,8-15H2,1H3,(H2,24,25,26). The summed E-state index contributed by atoms with van der Waals surface area (Å²) in [5.41, 5.74) is 1.31. The predicted octanol–water partition coefficient (Wildman–Crippen LogP) is 2.45. The van der Waals surface area contributed by atoms with Crippen LogP contribution in [-0.4, -0.2) is 73.8 Å². The van der Waals surface area contributed by atoms with Crippen LogP contribution in [0.4, 0.5) is 13.2 Å². The van der Waals surface area contributed by atoms with E-state index in [0.29, 0.717) is 31.5 Å². The Morgan fingerprint density at radius 1 is 1.18 bits per heavy atom. The Labute approximate surface area is 165 Å². The number of nitrogens with zero attached hydrogens (tertiary/aromatic N) is 3. The molecule has 1 aromatic carbocycles. The molecule has 2 aliphatic heterocycles. The van der Waals surface area contributed by atoms with E-state index in [4.69, 9.17) is 0 Å². The summed E-state index contributed by atoms with van der Waals surface area (Å²) in [6.07, 6.45) is -1.13. The monoisotopic (exact) mass is 397 g/mol. The number of likely N-dealkylation sites (tertiary alicyclic amines) is 2. The van der Waals surface area contributed by atoms with Gasteiger partial charge < -0.3 is 10.6 Å². The van der Waals surface area contributed by atoms with Crippen molar-refractivity contribution in [3.8, 4) is 0 Å². The topological polar surface area (TPSA) is 42.9 Å². The Morgan fingerprint density at radius 3 is 2.68 bits per heavy atom. The van der Waals surface area contributed by atoms with Gasteiger partial charge in [-0.1, -0.05) is 30.3 Å². The average molecular weight is 397 g/mol. The molecule has 0 aromatic heterocycles. The van der Waals surface area contributed by atoms with Gasteiger partial charge in [-0.3, -0.25) is 14.8 Å². The van der Waals surface area contributed by atoms with Crippen molar-refractivity contribution in [1.29, 1.82) is 0 Å². The molecule has 2 atom stereocenters. The third-order valence-corrected chi connectivity index (χ3v) is 5.47. The molecule has 28 heavy (non-hydrogen) atoms. The van der Waals surface area contributed by atoms with Gasteiger partial charge in [-0.25, -0.2) is 0 Å². The van der Waals surface area contributed by atoms with E-state index in [1.165, 1.54) is 16.9 Å². The molecule has 2 fully saturated rings. The number of hydrogen-bond acceptors (Lipinski definition) is 3. The van der Waals surface area contributed by atoms with E-state index in [1.807, 2.05) is 6.07 Å². The molecule has 0 aliphatic carbocycles. The molecule has 2 unspecified atom stereocenters. The number of benzene rings is 1. The molecule has 8 heteroatoms.